The first-order valence-corrected chi connectivity index (χ1v) is 9.27. The highest BCUT2D eigenvalue weighted by molar-refractivity contribution is 5.82. The van der Waals surface area contributed by atoms with Crippen LogP contribution in [0.5, 0.6) is 0 Å². The number of nitrogens with one attached hydrogen (secondary N) is 1. The summed E-state index contributed by atoms with van der Waals surface area (Å²) in [6, 6.07) is 9.32. The van der Waals surface area contributed by atoms with Crippen molar-refractivity contribution in [3.8, 4) is 0 Å². The number of carbonyl (C=O) groups is 3. The number of nitrogens with zero attached hydrogens (tertiary/aromatic N) is 1. The largest absolute Gasteiger partial charge is 0.481 e. The monoisotopic (exact) mass is 360 g/mol. The van der Waals surface area contributed by atoms with E-state index in [1.165, 1.54) is 6.92 Å². The van der Waals surface area contributed by atoms with Crippen LogP contribution in [-0.4, -0.2) is 47.4 Å². The number of piperidine rings is 1. The molecule has 1 aromatic rings. The van der Waals surface area contributed by atoms with Crippen LogP contribution >= 0.6 is 0 Å². The molecular formula is C20H28N2O4. The summed E-state index contributed by atoms with van der Waals surface area (Å²) in [4.78, 5) is 36.9. The van der Waals surface area contributed by atoms with Crippen LogP contribution in [-0.2, 0) is 19.8 Å². The zero-order valence-corrected chi connectivity index (χ0v) is 15.4. The molecule has 2 rings (SSSR count). The second kappa shape index (κ2) is 9.36. The molecule has 26 heavy (non-hydrogen) atoms. The number of aliphatic carboxylic acids is 1. The highest BCUT2D eigenvalue weighted by atomic mass is 16.4. The van der Waals surface area contributed by atoms with Crippen molar-refractivity contribution in [1.82, 2.24) is 10.2 Å². The van der Waals surface area contributed by atoms with Gasteiger partial charge in [0.25, 0.3) is 0 Å². The molecule has 142 valence electrons. The fourth-order valence-electron chi connectivity index (χ4n) is 3.52. The van der Waals surface area contributed by atoms with Crippen molar-refractivity contribution >= 4 is 17.8 Å². The van der Waals surface area contributed by atoms with Gasteiger partial charge < -0.3 is 15.3 Å². The third-order valence-electron chi connectivity index (χ3n) is 5.15. The fraction of sp³-hybridized carbons (Fsp3) is 0.550. The van der Waals surface area contributed by atoms with Gasteiger partial charge in [0.2, 0.25) is 11.8 Å². The molecule has 0 saturated carbocycles. The maximum Gasteiger partial charge on any atom is 0.314 e. The molecule has 6 heteroatoms. The Labute approximate surface area is 154 Å². The van der Waals surface area contributed by atoms with Gasteiger partial charge in [-0.15, -0.1) is 0 Å². The molecule has 0 aliphatic carbocycles. The second-order valence-corrected chi connectivity index (χ2v) is 6.93. The van der Waals surface area contributed by atoms with Gasteiger partial charge in [0.1, 0.15) is 0 Å². The number of hydrogen-bond donors (Lipinski definition) is 2. The molecule has 2 N–H and O–H groups in total. The number of carboxylic acids is 1. The summed E-state index contributed by atoms with van der Waals surface area (Å²) in [6.07, 6.45) is 3.91. The van der Waals surface area contributed by atoms with Crippen molar-refractivity contribution < 1.29 is 19.5 Å². The molecule has 0 aromatic heterocycles. The van der Waals surface area contributed by atoms with Gasteiger partial charge in [-0.2, -0.15) is 0 Å². The standard InChI is InChI=1S/C20H28N2O4/c1-16(23)21-13-7-3-6-10-18(24)22-14-11-20(12-15-22,19(25)26)17-8-4-2-5-9-17/h2,4-5,8-9H,3,6-7,10-15H2,1H3,(H,21,23)(H,25,26). The summed E-state index contributed by atoms with van der Waals surface area (Å²) in [5.74, 6) is -0.750. The number of unbranched alkanes of at least 4 members (excludes halogenated alkanes) is 2. The van der Waals surface area contributed by atoms with Crippen LogP contribution in [0.15, 0.2) is 30.3 Å². The van der Waals surface area contributed by atoms with Crippen LogP contribution in [0.4, 0.5) is 0 Å². The third kappa shape index (κ3) is 5.07. The van der Waals surface area contributed by atoms with Gasteiger partial charge in [-0.25, -0.2) is 0 Å². The number of carbonyl (C=O) groups excluding carboxylic acids is 2. The molecule has 1 fully saturated rings. The van der Waals surface area contributed by atoms with Gasteiger partial charge in [0.15, 0.2) is 0 Å². The molecule has 0 bridgehead atoms. The average molecular weight is 360 g/mol. The van der Waals surface area contributed by atoms with Crippen LogP contribution in [0.25, 0.3) is 0 Å². The molecular weight excluding hydrogens is 332 g/mol. The molecule has 1 aliphatic rings. The Balaban J connectivity index is 1.80. The fourth-order valence-corrected chi connectivity index (χ4v) is 3.52. The summed E-state index contributed by atoms with van der Waals surface area (Å²) < 4.78 is 0. The lowest BCUT2D eigenvalue weighted by Crippen LogP contribution is -2.49. The van der Waals surface area contributed by atoms with E-state index in [2.05, 4.69) is 5.32 Å². The summed E-state index contributed by atoms with van der Waals surface area (Å²) in [6.45, 7) is 3.09. The lowest BCUT2D eigenvalue weighted by Gasteiger charge is -2.39. The maximum absolute atomic E-state index is 12.4. The van der Waals surface area contributed by atoms with Crippen LogP contribution in [0.2, 0.25) is 0 Å². The molecule has 0 spiro atoms. The Morgan fingerprint density at radius 1 is 1.08 bits per heavy atom. The Bertz CT molecular complexity index is 622. The minimum atomic E-state index is -0.892. The zero-order chi connectivity index (χ0) is 19.0. The highest BCUT2D eigenvalue weighted by Gasteiger charge is 2.43. The van der Waals surface area contributed by atoms with Crippen molar-refractivity contribution in [2.75, 3.05) is 19.6 Å². The zero-order valence-electron chi connectivity index (χ0n) is 15.4. The van der Waals surface area contributed by atoms with Crippen LogP contribution in [0, 0.1) is 0 Å². The topological polar surface area (TPSA) is 86.7 Å². The molecule has 2 amide bonds. The average Bonchev–Trinajstić information content (AvgIpc) is 2.64. The molecule has 1 aromatic carbocycles. The van der Waals surface area contributed by atoms with E-state index in [1.54, 1.807) is 4.90 Å². The molecule has 1 heterocycles. The van der Waals surface area contributed by atoms with Crippen molar-refractivity contribution in [2.24, 2.45) is 0 Å². The van der Waals surface area contributed by atoms with Gasteiger partial charge in [-0.1, -0.05) is 36.8 Å². The van der Waals surface area contributed by atoms with Crippen molar-refractivity contribution in [3.63, 3.8) is 0 Å². The number of benzene rings is 1. The maximum atomic E-state index is 12.4. The molecule has 6 nitrogen and oxygen atoms in total. The van der Waals surface area contributed by atoms with Crippen LogP contribution in [0.1, 0.15) is 51.0 Å². The molecule has 0 atom stereocenters. The summed E-state index contributed by atoms with van der Waals surface area (Å²) in [7, 11) is 0. The normalized spacial score (nSPS) is 16.1. The predicted octanol–water partition coefficient (Wildman–Crippen LogP) is 2.33. The first-order chi connectivity index (χ1) is 12.5. The quantitative estimate of drug-likeness (QED) is 0.697. The SMILES string of the molecule is CC(=O)NCCCCCC(=O)N1CCC(C(=O)O)(c2ccccc2)CC1. The van der Waals surface area contributed by atoms with E-state index < -0.39 is 11.4 Å². The smallest absolute Gasteiger partial charge is 0.314 e. The minimum Gasteiger partial charge on any atom is -0.481 e. The summed E-state index contributed by atoms with van der Waals surface area (Å²) >= 11 is 0. The van der Waals surface area contributed by atoms with Crippen molar-refractivity contribution in [1.29, 1.82) is 0 Å². The van der Waals surface area contributed by atoms with Crippen molar-refractivity contribution in [2.45, 2.75) is 50.9 Å². The Hall–Kier alpha value is -2.37. The predicted molar refractivity (Wildman–Crippen MR) is 98.7 cm³/mol. The molecule has 1 aliphatic heterocycles. The Morgan fingerprint density at radius 3 is 2.31 bits per heavy atom. The third-order valence-corrected chi connectivity index (χ3v) is 5.15. The lowest BCUT2D eigenvalue weighted by atomic mass is 9.73. The number of hydrogen-bond acceptors (Lipinski definition) is 3. The van der Waals surface area contributed by atoms with E-state index in [-0.39, 0.29) is 11.8 Å². The number of rotatable bonds is 8. The van der Waals surface area contributed by atoms with Crippen molar-refractivity contribution in [3.05, 3.63) is 35.9 Å². The highest BCUT2D eigenvalue weighted by Crippen LogP contribution is 2.36. The number of likely N-dealkylation sites (tertiary alicyclic amines) is 1. The Kier molecular flexibility index (Phi) is 7.18. The van der Waals surface area contributed by atoms with E-state index in [0.29, 0.717) is 38.9 Å². The second-order valence-electron chi connectivity index (χ2n) is 6.93. The van der Waals surface area contributed by atoms with Gasteiger partial charge >= 0.3 is 5.97 Å². The van der Waals surface area contributed by atoms with Gasteiger partial charge in [-0.05, 0) is 31.2 Å². The van der Waals surface area contributed by atoms with E-state index in [1.807, 2.05) is 30.3 Å². The number of carboxylic acid groups (broad SMARTS) is 1. The van der Waals surface area contributed by atoms with E-state index in [0.717, 1.165) is 24.8 Å². The van der Waals surface area contributed by atoms with E-state index >= 15 is 0 Å². The molecule has 1 saturated heterocycles. The van der Waals surface area contributed by atoms with Crippen LogP contribution < -0.4 is 5.32 Å². The lowest BCUT2D eigenvalue weighted by molar-refractivity contribution is -0.148. The van der Waals surface area contributed by atoms with Gasteiger partial charge in [-0.3, -0.25) is 14.4 Å². The van der Waals surface area contributed by atoms with E-state index in [4.69, 9.17) is 0 Å². The van der Waals surface area contributed by atoms with Gasteiger partial charge in [0, 0.05) is 33.0 Å². The summed E-state index contributed by atoms with van der Waals surface area (Å²) in [5, 5.41) is 12.5. The minimum absolute atomic E-state index is 0.0327. The van der Waals surface area contributed by atoms with Gasteiger partial charge in [0.05, 0.1) is 5.41 Å². The first-order valence-electron chi connectivity index (χ1n) is 9.27. The molecule has 0 unspecified atom stereocenters. The number of amides is 2. The first kappa shape index (κ1) is 19.9. The molecule has 0 radical (unpaired) electrons. The van der Waals surface area contributed by atoms with Crippen LogP contribution in [0.3, 0.4) is 0 Å². The summed E-state index contributed by atoms with van der Waals surface area (Å²) in [5.41, 5.74) is -0.0753. The van der Waals surface area contributed by atoms with E-state index in [9.17, 15) is 19.5 Å². The Morgan fingerprint density at radius 2 is 1.73 bits per heavy atom.